The standard InChI is InChI=1S/C38H43N7O3/c1-27-22-45(38(46)48-25-28-10-4-3-5-11-28)30(17-19-39)23-44(27)36-33-18-21-43(35-16-8-13-29-12-6-7-15-32(29)35)24-34(33)40-37(41-36)47-26-31-14-9-20-42(31)2/h3-8,10-13,15-16,27,30-31H,9,14,17-18,20-26H2,1-2H3/t27-,30-,31?/m0/s1. The van der Waals surface area contributed by atoms with E-state index in [-0.39, 0.29) is 25.1 Å². The van der Waals surface area contributed by atoms with Crippen LogP contribution in [-0.2, 0) is 24.3 Å². The monoisotopic (exact) mass is 645 g/mol. The molecule has 3 aromatic carbocycles. The average molecular weight is 646 g/mol. The van der Waals surface area contributed by atoms with E-state index >= 15 is 0 Å². The minimum absolute atomic E-state index is 0.0619. The first-order valence-corrected chi connectivity index (χ1v) is 17.0. The Morgan fingerprint density at radius 2 is 1.79 bits per heavy atom. The number of nitrogens with zero attached hydrogens (tertiary/aromatic N) is 7. The molecule has 2 fully saturated rings. The number of nitriles is 1. The second-order valence-electron chi connectivity index (χ2n) is 13.2. The molecule has 48 heavy (non-hydrogen) atoms. The number of likely N-dealkylation sites (tertiary alicyclic amines) is 1. The molecule has 0 bridgehead atoms. The molecule has 0 spiro atoms. The first-order chi connectivity index (χ1) is 23.5. The van der Waals surface area contributed by atoms with E-state index in [1.807, 2.05) is 30.3 Å². The van der Waals surface area contributed by atoms with Gasteiger partial charge in [-0.1, -0.05) is 66.7 Å². The van der Waals surface area contributed by atoms with Gasteiger partial charge in [-0.3, -0.25) is 0 Å². The zero-order chi connectivity index (χ0) is 33.0. The van der Waals surface area contributed by atoms with Crippen LogP contribution >= 0.6 is 0 Å². The third kappa shape index (κ3) is 6.60. The molecular weight excluding hydrogens is 602 g/mol. The van der Waals surface area contributed by atoms with Crippen LogP contribution in [0.15, 0.2) is 72.8 Å². The molecular formula is C38H43N7O3. The quantitative estimate of drug-likeness (QED) is 0.236. The van der Waals surface area contributed by atoms with E-state index in [4.69, 9.17) is 19.4 Å². The fraction of sp³-hybridized carbons (Fsp3) is 0.421. The molecule has 1 aromatic heterocycles. The van der Waals surface area contributed by atoms with Gasteiger partial charge >= 0.3 is 12.1 Å². The number of amides is 1. The molecule has 1 unspecified atom stereocenters. The summed E-state index contributed by atoms with van der Waals surface area (Å²) < 4.78 is 12.1. The third-order valence-corrected chi connectivity index (χ3v) is 10.1. The normalized spacial score (nSPS) is 21.2. The van der Waals surface area contributed by atoms with Crippen LogP contribution < -0.4 is 14.5 Å². The number of carbonyl (C=O) groups is 1. The fourth-order valence-corrected chi connectivity index (χ4v) is 7.38. The molecule has 10 nitrogen and oxygen atoms in total. The van der Waals surface area contributed by atoms with Crippen LogP contribution in [0.25, 0.3) is 10.8 Å². The van der Waals surface area contributed by atoms with E-state index in [0.29, 0.717) is 38.3 Å². The summed E-state index contributed by atoms with van der Waals surface area (Å²) in [5.41, 5.74) is 4.19. The molecule has 3 atom stereocenters. The number of hydrogen-bond acceptors (Lipinski definition) is 9. The number of benzene rings is 3. The summed E-state index contributed by atoms with van der Waals surface area (Å²) in [7, 11) is 2.14. The van der Waals surface area contributed by atoms with Gasteiger partial charge in [0.1, 0.15) is 19.0 Å². The lowest BCUT2D eigenvalue weighted by Crippen LogP contribution is -2.59. The van der Waals surface area contributed by atoms with Gasteiger partial charge in [0.2, 0.25) is 0 Å². The van der Waals surface area contributed by atoms with Crippen molar-refractivity contribution in [3.05, 3.63) is 89.6 Å². The molecule has 248 valence electrons. The zero-order valence-corrected chi connectivity index (χ0v) is 27.8. The number of anilines is 2. The zero-order valence-electron chi connectivity index (χ0n) is 27.8. The molecule has 3 aliphatic heterocycles. The topological polar surface area (TPSA) is 98.1 Å². The second-order valence-corrected chi connectivity index (χ2v) is 13.2. The van der Waals surface area contributed by atoms with Gasteiger partial charge in [0.15, 0.2) is 0 Å². The third-order valence-electron chi connectivity index (χ3n) is 10.1. The van der Waals surface area contributed by atoms with Gasteiger partial charge in [0.05, 0.1) is 30.8 Å². The fourth-order valence-electron chi connectivity index (χ4n) is 7.38. The Bertz CT molecular complexity index is 1790. The van der Waals surface area contributed by atoms with Crippen LogP contribution in [0, 0.1) is 11.3 Å². The van der Waals surface area contributed by atoms with Crippen LogP contribution in [0.3, 0.4) is 0 Å². The van der Waals surface area contributed by atoms with Gasteiger partial charge in [-0.2, -0.15) is 15.2 Å². The number of ether oxygens (including phenoxy) is 2. The lowest BCUT2D eigenvalue weighted by atomic mass is 10.00. The van der Waals surface area contributed by atoms with E-state index in [9.17, 15) is 10.1 Å². The molecule has 2 saturated heterocycles. The summed E-state index contributed by atoms with van der Waals surface area (Å²) in [4.78, 5) is 32.2. The van der Waals surface area contributed by atoms with Gasteiger partial charge in [-0.25, -0.2) is 4.79 Å². The Kier molecular flexibility index (Phi) is 9.30. The summed E-state index contributed by atoms with van der Waals surface area (Å²) in [5.74, 6) is 0.847. The van der Waals surface area contributed by atoms with Crippen LogP contribution in [0.5, 0.6) is 6.01 Å². The van der Waals surface area contributed by atoms with Crippen molar-refractivity contribution in [2.75, 3.05) is 49.6 Å². The summed E-state index contributed by atoms with van der Waals surface area (Å²) in [6, 6.07) is 27.2. The molecule has 0 aliphatic carbocycles. The van der Waals surface area contributed by atoms with Gasteiger partial charge in [-0.15, -0.1) is 0 Å². The Morgan fingerprint density at radius 3 is 2.60 bits per heavy atom. The maximum absolute atomic E-state index is 13.4. The van der Waals surface area contributed by atoms with Crippen molar-refractivity contribution in [2.45, 2.75) is 63.9 Å². The number of likely N-dealkylation sites (N-methyl/N-ethyl adjacent to an activating group) is 1. The Morgan fingerprint density at radius 1 is 0.979 bits per heavy atom. The largest absolute Gasteiger partial charge is 0.462 e. The minimum Gasteiger partial charge on any atom is -0.462 e. The first kappa shape index (κ1) is 31.7. The van der Waals surface area contributed by atoms with Gasteiger partial charge in [0, 0.05) is 48.4 Å². The van der Waals surface area contributed by atoms with Crippen molar-refractivity contribution in [3.63, 3.8) is 0 Å². The van der Waals surface area contributed by atoms with E-state index in [1.54, 1.807) is 4.90 Å². The van der Waals surface area contributed by atoms with Crippen molar-refractivity contribution < 1.29 is 14.3 Å². The maximum Gasteiger partial charge on any atom is 0.410 e. The van der Waals surface area contributed by atoms with Crippen molar-refractivity contribution in [1.82, 2.24) is 19.8 Å². The van der Waals surface area contributed by atoms with Crippen LogP contribution in [0.4, 0.5) is 16.3 Å². The minimum atomic E-state index is -0.397. The molecule has 3 aliphatic rings. The number of hydrogen-bond donors (Lipinski definition) is 0. The number of aromatic nitrogens is 2. The molecule has 7 rings (SSSR count). The summed E-state index contributed by atoms with van der Waals surface area (Å²) >= 11 is 0. The number of rotatable bonds is 8. The van der Waals surface area contributed by atoms with Crippen molar-refractivity contribution in [1.29, 1.82) is 5.26 Å². The van der Waals surface area contributed by atoms with Crippen molar-refractivity contribution >= 4 is 28.4 Å². The van der Waals surface area contributed by atoms with E-state index in [0.717, 1.165) is 55.0 Å². The first-order valence-electron chi connectivity index (χ1n) is 17.0. The van der Waals surface area contributed by atoms with Crippen LogP contribution in [-0.4, -0.2) is 83.8 Å². The smallest absolute Gasteiger partial charge is 0.410 e. The predicted molar refractivity (Wildman–Crippen MR) is 186 cm³/mol. The Labute approximate surface area is 282 Å². The molecule has 10 heteroatoms. The van der Waals surface area contributed by atoms with Gasteiger partial charge in [-0.05, 0) is 56.8 Å². The molecule has 4 aromatic rings. The highest BCUT2D eigenvalue weighted by atomic mass is 16.6. The molecule has 1 amide bonds. The molecule has 4 heterocycles. The summed E-state index contributed by atoms with van der Waals surface area (Å²) in [5, 5.41) is 12.2. The Balaban J connectivity index is 1.17. The highest BCUT2D eigenvalue weighted by Crippen LogP contribution is 2.36. The van der Waals surface area contributed by atoms with Crippen molar-refractivity contribution in [2.24, 2.45) is 0 Å². The van der Waals surface area contributed by atoms with Gasteiger partial charge in [0.25, 0.3) is 0 Å². The average Bonchev–Trinajstić information content (AvgIpc) is 3.54. The van der Waals surface area contributed by atoms with E-state index in [2.05, 4.69) is 77.2 Å². The molecule has 0 radical (unpaired) electrons. The van der Waals surface area contributed by atoms with Crippen molar-refractivity contribution in [3.8, 4) is 12.1 Å². The van der Waals surface area contributed by atoms with Gasteiger partial charge < -0.3 is 29.1 Å². The highest BCUT2D eigenvalue weighted by Gasteiger charge is 2.38. The van der Waals surface area contributed by atoms with Crippen LogP contribution in [0.2, 0.25) is 0 Å². The lowest BCUT2D eigenvalue weighted by Gasteiger charge is -2.45. The van der Waals surface area contributed by atoms with E-state index in [1.165, 1.54) is 16.5 Å². The second kappa shape index (κ2) is 14.1. The summed E-state index contributed by atoms with van der Waals surface area (Å²) in [6.07, 6.45) is 2.83. The van der Waals surface area contributed by atoms with Crippen LogP contribution in [0.1, 0.15) is 43.0 Å². The molecule has 0 N–H and O–H groups in total. The molecule has 0 saturated carbocycles. The Hall–Kier alpha value is -4.88. The maximum atomic E-state index is 13.4. The SMILES string of the molecule is C[C@H]1CN(C(=O)OCc2ccccc2)[C@@H](CC#N)CN1c1nc(OCC2CCCN2C)nc2c1CCN(c1cccc3ccccc13)C2. The number of piperazine rings is 1. The number of carbonyl (C=O) groups excluding carboxylic acids is 1. The number of fused-ring (bicyclic) bond motifs is 2. The highest BCUT2D eigenvalue weighted by molar-refractivity contribution is 5.94. The summed E-state index contributed by atoms with van der Waals surface area (Å²) in [6.45, 7) is 6.26. The van der Waals surface area contributed by atoms with E-state index < -0.39 is 6.09 Å². The predicted octanol–water partition coefficient (Wildman–Crippen LogP) is 5.80. The lowest BCUT2D eigenvalue weighted by molar-refractivity contribution is 0.0709.